The van der Waals surface area contributed by atoms with Gasteiger partial charge < -0.3 is 15.6 Å². The summed E-state index contributed by atoms with van der Waals surface area (Å²) in [5.74, 6) is -0.489. The van der Waals surface area contributed by atoms with Crippen LogP contribution < -0.4 is 5.73 Å². The quantitative estimate of drug-likeness (QED) is 0.759. The molecule has 23 heavy (non-hydrogen) atoms. The summed E-state index contributed by atoms with van der Waals surface area (Å²) < 4.78 is 1.70. The van der Waals surface area contributed by atoms with Crippen LogP contribution in [0.15, 0.2) is 42.9 Å². The molecule has 3 N–H and O–H groups in total. The van der Waals surface area contributed by atoms with Gasteiger partial charge in [-0.05, 0) is 18.2 Å². The Morgan fingerprint density at radius 2 is 2.09 bits per heavy atom. The topological polar surface area (TPSA) is 97.0 Å². The van der Waals surface area contributed by atoms with E-state index in [0.29, 0.717) is 24.2 Å². The van der Waals surface area contributed by atoms with Gasteiger partial charge in [0.1, 0.15) is 0 Å². The summed E-state index contributed by atoms with van der Waals surface area (Å²) in [5, 5.41) is 5.07. The molecule has 0 radical (unpaired) electrons. The van der Waals surface area contributed by atoms with Gasteiger partial charge in [-0.3, -0.25) is 14.3 Å². The number of hydrogen-bond donors (Lipinski definition) is 2. The Labute approximate surface area is 131 Å². The maximum Gasteiger partial charge on any atom is 0.254 e. The van der Waals surface area contributed by atoms with Gasteiger partial charge in [0.2, 0.25) is 0 Å². The molecule has 1 saturated heterocycles. The van der Waals surface area contributed by atoms with Gasteiger partial charge in [-0.25, -0.2) is 0 Å². The van der Waals surface area contributed by atoms with Crippen molar-refractivity contribution in [2.75, 3.05) is 13.1 Å². The van der Waals surface area contributed by atoms with Crippen molar-refractivity contribution >= 4 is 22.7 Å². The summed E-state index contributed by atoms with van der Waals surface area (Å²) >= 11 is 0. The number of carbonyl (C=O) groups is 2. The number of likely N-dealkylation sites (tertiary alicyclic amines) is 1. The monoisotopic (exact) mass is 309 g/mol. The lowest BCUT2D eigenvalue weighted by molar-refractivity contribution is 0.0503. The summed E-state index contributed by atoms with van der Waals surface area (Å²) in [4.78, 5) is 28.6. The normalized spacial score (nSPS) is 14.9. The van der Waals surface area contributed by atoms with Crippen LogP contribution in [-0.4, -0.2) is 44.6 Å². The molecule has 1 aliphatic rings. The Balaban J connectivity index is 1.50. The Hall–Kier alpha value is -3.09. The lowest BCUT2D eigenvalue weighted by atomic mass is 10.0. The van der Waals surface area contributed by atoms with Gasteiger partial charge in [-0.2, -0.15) is 5.10 Å². The van der Waals surface area contributed by atoms with Crippen molar-refractivity contribution in [2.24, 2.45) is 5.73 Å². The standard InChI is InChI=1S/C16H15N5O2/c17-15(22)10-6-19-21(7-10)11-8-20(9-11)16(23)13-2-1-3-14-12(13)4-5-18-14/h1-7,11,18H,8-9H2,(H2,17,22). The van der Waals surface area contributed by atoms with Crippen LogP contribution in [0.2, 0.25) is 0 Å². The van der Waals surface area contributed by atoms with E-state index < -0.39 is 5.91 Å². The van der Waals surface area contributed by atoms with Gasteiger partial charge >= 0.3 is 0 Å². The molecule has 0 unspecified atom stereocenters. The molecule has 3 heterocycles. The predicted molar refractivity (Wildman–Crippen MR) is 84.0 cm³/mol. The molecule has 7 heteroatoms. The number of fused-ring (bicyclic) bond motifs is 1. The molecule has 2 amide bonds. The fourth-order valence-electron chi connectivity index (χ4n) is 2.90. The maximum atomic E-state index is 12.6. The number of benzene rings is 1. The number of primary amides is 1. The molecule has 0 spiro atoms. The zero-order chi connectivity index (χ0) is 16.0. The first-order valence-electron chi connectivity index (χ1n) is 7.33. The lowest BCUT2D eigenvalue weighted by Gasteiger charge is -2.39. The van der Waals surface area contributed by atoms with Crippen LogP contribution in [0.25, 0.3) is 10.9 Å². The first-order valence-corrected chi connectivity index (χ1v) is 7.33. The Bertz CT molecular complexity index is 904. The number of amides is 2. The van der Waals surface area contributed by atoms with Gasteiger partial charge in [0.05, 0.1) is 17.8 Å². The van der Waals surface area contributed by atoms with Crippen molar-refractivity contribution in [2.45, 2.75) is 6.04 Å². The fourth-order valence-corrected chi connectivity index (χ4v) is 2.90. The number of carbonyl (C=O) groups excluding carboxylic acids is 2. The Kier molecular flexibility index (Phi) is 2.94. The molecule has 1 fully saturated rings. The SMILES string of the molecule is NC(=O)c1cnn(C2CN(C(=O)c3cccc4[nH]ccc34)C2)c1. The van der Waals surface area contributed by atoms with E-state index in [1.165, 1.54) is 6.20 Å². The lowest BCUT2D eigenvalue weighted by Crippen LogP contribution is -2.50. The minimum atomic E-state index is -0.498. The van der Waals surface area contributed by atoms with E-state index in [0.717, 1.165) is 10.9 Å². The third-order valence-electron chi connectivity index (χ3n) is 4.23. The molecule has 7 nitrogen and oxygen atoms in total. The van der Waals surface area contributed by atoms with Gasteiger partial charge in [-0.1, -0.05) is 6.07 Å². The van der Waals surface area contributed by atoms with Crippen molar-refractivity contribution in [1.82, 2.24) is 19.7 Å². The molecular weight excluding hydrogens is 294 g/mol. The van der Waals surface area contributed by atoms with Crippen molar-refractivity contribution in [1.29, 1.82) is 0 Å². The van der Waals surface area contributed by atoms with Gasteiger partial charge in [0.25, 0.3) is 11.8 Å². The van der Waals surface area contributed by atoms with E-state index in [-0.39, 0.29) is 11.9 Å². The Morgan fingerprint density at radius 1 is 1.26 bits per heavy atom. The largest absolute Gasteiger partial charge is 0.366 e. The zero-order valence-electron chi connectivity index (χ0n) is 12.3. The number of nitrogens with zero attached hydrogens (tertiary/aromatic N) is 3. The molecule has 0 bridgehead atoms. The highest BCUT2D eigenvalue weighted by Crippen LogP contribution is 2.26. The number of aromatic nitrogens is 3. The summed E-state index contributed by atoms with van der Waals surface area (Å²) in [5.41, 5.74) is 7.25. The van der Waals surface area contributed by atoms with Gasteiger partial charge in [0.15, 0.2) is 0 Å². The maximum absolute atomic E-state index is 12.6. The molecular formula is C16H15N5O2. The number of nitrogens with one attached hydrogen (secondary N) is 1. The molecule has 116 valence electrons. The number of nitrogens with two attached hydrogens (primary N) is 1. The second kappa shape index (κ2) is 4.98. The van der Waals surface area contributed by atoms with Crippen LogP contribution in [0.4, 0.5) is 0 Å². The van der Waals surface area contributed by atoms with E-state index in [2.05, 4.69) is 10.1 Å². The fraction of sp³-hybridized carbons (Fsp3) is 0.188. The van der Waals surface area contributed by atoms with E-state index in [4.69, 9.17) is 5.73 Å². The molecule has 3 aromatic rings. The van der Waals surface area contributed by atoms with Crippen molar-refractivity contribution in [3.63, 3.8) is 0 Å². The summed E-state index contributed by atoms with van der Waals surface area (Å²) in [6.07, 6.45) is 4.91. The van der Waals surface area contributed by atoms with Gasteiger partial charge in [-0.15, -0.1) is 0 Å². The number of H-pyrrole nitrogens is 1. The first-order chi connectivity index (χ1) is 11.1. The van der Waals surface area contributed by atoms with Crippen molar-refractivity contribution in [3.05, 3.63) is 54.0 Å². The molecule has 2 aromatic heterocycles. The minimum absolute atomic E-state index is 0.00808. The molecule has 0 atom stereocenters. The third kappa shape index (κ3) is 2.17. The molecule has 0 aliphatic carbocycles. The second-order valence-electron chi connectivity index (χ2n) is 5.68. The first kappa shape index (κ1) is 13.6. The minimum Gasteiger partial charge on any atom is -0.366 e. The molecule has 4 rings (SSSR count). The van der Waals surface area contributed by atoms with Crippen LogP contribution in [0.1, 0.15) is 26.8 Å². The van der Waals surface area contributed by atoms with E-state index in [1.54, 1.807) is 15.8 Å². The predicted octanol–water partition coefficient (Wildman–Crippen LogP) is 1.16. The molecule has 1 aromatic carbocycles. The number of hydrogen-bond acceptors (Lipinski definition) is 3. The number of aromatic amines is 1. The highest BCUT2D eigenvalue weighted by Gasteiger charge is 2.33. The van der Waals surface area contributed by atoms with E-state index >= 15 is 0 Å². The summed E-state index contributed by atoms with van der Waals surface area (Å²) in [6.45, 7) is 1.14. The third-order valence-corrected chi connectivity index (χ3v) is 4.23. The average molecular weight is 309 g/mol. The number of rotatable bonds is 3. The zero-order valence-corrected chi connectivity index (χ0v) is 12.3. The van der Waals surface area contributed by atoms with Crippen LogP contribution in [0, 0.1) is 0 Å². The van der Waals surface area contributed by atoms with Crippen molar-refractivity contribution in [3.8, 4) is 0 Å². The highest BCUT2D eigenvalue weighted by molar-refractivity contribution is 6.06. The van der Waals surface area contributed by atoms with Crippen molar-refractivity contribution < 1.29 is 9.59 Å². The van der Waals surface area contributed by atoms with E-state index in [1.807, 2.05) is 30.5 Å². The smallest absolute Gasteiger partial charge is 0.254 e. The molecule has 1 aliphatic heterocycles. The highest BCUT2D eigenvalue weighted by atomic mass is 16.2. The van der Waals surface area contributed by atoms with E-state index in [9.17, 15) is 9.59 Å². The van der Waals surface area contributed by atoms with Crippen LogP contribution >= 0.6 is 0 Å². The second-order valence-corrected chi connectivity index (χ2v) is 5.68. The summed E-state index contributed by atoms with van der Waals surface area (Å²) in [6, 6.07) is 7.64. The average Bonchev–Trinajstić information content (AvgIpc) is 3.14. The van der Waals surface area contributed by atoms with Gasteiger partial charge in [0, 0.05) is 41.9 Å². The van der Waals surface area contributed by atoms with Crippen LogP contribution in [0.3, 0.4) is 0 Å². The Morgan fingerprint density at radius 3 is 2.83 bits per heavy atom. The van der Waals surface area contributed by atoms with Crippen LogP contribution in [-0.2, 0) is 0 Å². The molecule has 0 saturated carbocycles. The summed E-state index contributed by atoms with van der Waals surface area (Å²) in [7, 11) is 0. The van der Waals surface area contributed by atoms with Crippen LogP contribution in [0.5, 0.6) is 0 Å².